The first-order chi connectivity index (χ1) is 8.74. The quantitative estimate of drug-likeness (QED) is 0.757. The minimum atomic E-state index is -0.111. The number of anilines is 1. The lowest BCUT2D eigenvalue weighted by molar-refractivity contribution is 0.103. The lowest BCUT2D eigenvalue weighted by atomic mass is 10.2. The summed E-state index contributed by atoms with van der Waals surface area (Å²) < 4.78 is 0.814. The van der Waals surface area contributed by atoms with Crippen molar-refractivity contribution in [1.82, 2.24) is 10.2 Å². The van der Waals surface area contributed by atoms with E-state index >= 15 is 0 Å². The Balaban J connectivity index is 1.88. The number of hydrogen-bond donors (Lipinski definition) is 2. The number of aromatic nitrogens is 2. The molecule has 2 N–H and O–H groups in total. The van der Waals surface area contributed by atoms with Crippen LogP contribution in [0.25, 0.3) is 10.9 Å². The Hall–Kier alpha value is -1.66. The van der Waals surface area contributed by atoms with Crippen molar-refractivity contribution in [2.24, 2.45) is 0 Å². The van der Waals surface area contributed by atoms with Crippen LogP contribution < -0.4 is 5.32 Å². The number of carbonyl (C=O) groups excluding carboxylic acids is 1. The highest BCUT2D eigenvalue weighted by Crippen LogP contribution is 2.24. The average molecular weight is 322 g/mol. The van der Waals surface area contributed by atoms with Crippen LogP contribution in [0.2, 0.25) is 0 Å². The molecule has 0 aliphatic carbocycles. The first kappa shape index (κ1) is 11.4. The van der Waals surface area contributed by atoms with E-state index in [2.05, 4.69) is 31.4 Å². The number of benzene rings is 1. The van der Waals surface area contributed by atoms with E-state index in [0.29, 0.717) is 4.88 Å². The van der Waals surface area contributed by atoms with Crippen molar-refractivity contribution in [2.45, 2.75) is 0 Å². The van der Waals surface area contributed by atoms with Gasteiger partial charge >= 0.3 is 0 Å². The fourth-order valence-electron chi connectivity index (χ4n) is 1.66. The fraction of sp³-hybridized carbons (Fsp3) is 0. The van der Waals surface area contributed by atoms with Crippen molar-refractivity contribution < 1.29 is 4.79 Å². The molecule has 0 saturated carbocycles. The number of aromatic amines is 1. The van der Waals surface area contributed by atoms with Gasteiger partial charge in [0.2, 0.25) is 0 Å². The molecule has 0 radical (unpaired) electrons. The van der Waals surface area contributed by atoms with Crippen LogP contribution in [-0.2, 0) is 0 Å². The van der Waals surface area contributed by atoms with Gasteiger partial charge in [0.25, 0.3) is 5.91 Å². The summed E-state index contributed by atoms with van der Waals surface area (Å²) in [4.78, 5) is 12.7. The van der Waals surface area contributed by atoms with Gasteiger partial charge in [0.1, 0.15) is 4.88 Å². The lowest BCUT2D eigenvalue weighted by Crippen LogP contribution is -2.10. The summed E-state index contributed by atoms with van der Waals surface area (Å²) in [6.07, 6.45) is 1.73. The van der Waals surface area contributed by atoms with Crippen LogP contribution in [0.15, 0.2) is 40.3 Å². The third kappa shape index (κ3) is 2.04. The highest BCUT2D eigenvalue weighted by Gasteiger charge is 2.11. The highest BCUT2D eigenvalue weighted by molar-refractivity contribution is 9.10. The highest BCUT2D eigenvalue weighted by atomic mass is 79.9. The van der Waals surface area contributed by atoms with E-state index in [0.717, 1.165) is 21.1 Å². The molecule has 2 aromatic heterocycles. The van der Waals surface area contributed by atoms with Crippen LogP contribution in [0, 0.1) is 0 Å². The molecule has 0 unspecified atom stereocenters. The maximum absolute atomic E-state index is 12.0. The van der Waals surface area contributed by atoms with Gasteiger partial charge in [-0.15, -0.1) is 11.3 Å². The minimum Gasteiger partial charge on any atom is -0.321 e. The third-order valence-electron chi connectivity index (χ3n) is 2.52. The van der Waals surface area contributed by atoms with Gasteiger partial charge < -0.3 is 5.32 Å². The average Bonchev–Trinajstić information content (AvgIpc) is 2.96. The molecule has 0 bridgehead atoms. The SMILES string of the molecule is O=C(Nc1ccc2[nH]ncc2c1)c1sccc1Br. The summed E-state index contributed by atoms with van der Waals surface area (Å²) in [6.45, 7) is 0. The van der Waals surface area contributed by atoms with Crippen LogP contribution in [-0.4, -0.2) is 16.1 Å². The molecule has 0 aliphatic heterocycles. The predicted octanol–water partition coefficient (Wildman–Crippen LogP) is 3.64. The van der Waals surface area contributed by atoms with Crippen LogP contribution in [0.4, 0.5) is 5.69 Å². The molecule has 2 heterocycles. The lowest BCUT2D eigenvalue weighted by Gasteiger charge is -2.04. The molecule has 0 saturated heterocycles. The number of carbonyl (C=O) groups is 1. The second-order valence-electron chi connectivity index (χ2n) is 3.72. The molecule has 6 heteroatoms. The first-order valence-electron chi connectivity index (χ1n) is 5.21. The van der Waals surface area contributed by atoms with Gasteiger partial charge in [0, 0.05) is 15.5 Å². The Morgan fingerprint density at radius 3 is 3.06 bits per heavy atom. The van der Waals surface area contributed by atoms with Crippen LogP contribution in [0.5, 0.6) is 0 Å². The second-order valence-corrected chi connectivity index (χ2v) is 5.49. The van der Waals surface area contributed by atoms with Gasteiger partial charge in [-0.1, -0.05) is 0 Å². The maximum Gasteiger partial charge on any atom is 0.266 e. The van der Waals surface area contributed by atoms with Crippen LogP contribution in [0.3, 0.4) is 0 Å². The Morgan fingerprint density at radius 2 is 2.28 bits per heavy atom. The smallest absolute Gasteiger partial charge is 0.266 e. The fourth-order valence-corrected chi connectivity index (χ4v) is 3.11. The molecular formula is C12H8BrN3OS. The van der Waals surface area contributed by atoms with E-state index in [1.54, 1.807) is 6.20 Å². The third-order valence-corrected chi connectivity index (χ3v) is 4.36. The summed E-state index contributed by atoms with van der Waals surface area (Å²) in [7, 11) is 0. The molecule has 4 nitrogen and oxygen atoms in total. The number of H-pyrrole nitrogens is 1. The van der Waals surface area contributed by atoms with Crippen LogP contribution >= 0.6 is 27.3 Å². The second kappa shape index (κ2) is 4.55. The van der Waals surface area contributed by atoms with Gasteiger partial charge in [0.15, 0.2) is 0 Å². The van der Waals surface area contributed by atoms with Crippen molar-refractivity contribution in [3.8, 4) is 0 Å². The van der Waals surface area contributed by atoms with E-state index in [-0.39, 0.29) is 5.91 Å². The van der Waals surface area contributed by atoms with E-state index in [1.165, 1.54) is 11.3 Å². The number of rotatable bonds is 2. The molecule has 1 amide bonds. The van der Waals surface area contributed by atoms with Gasteiger partial charge in [0.05, 0.1) is 11.7 Å². The van der Waals surface area contributed by atoms with Crippen LogP contribution in [0.1, 0.15) is 9.67 Å². The largest absolute Gasteiger partial charge is 0.321 e. The summed E-state index contributed by atoms with van der Waals surface area (Å²) in [6, 6.07) is 7.48. The Bertz CT molecular complexity index is 719. The minimum absolute atomic E-state index is 0.111. The molecule has 0 aliphatic rings. The number of nitrogens with one attached hydrogen (secondary N) is 2. The number of halogens is 1. The van der Waals surface area contributed by atoms with E-state index < -0.39 is 0 Å². The zero-order valence-electron chi connectivity index (χ0n) is 9.11. The van der Waals surface area contributed by atoms with Crippen molar-refractivity contribution in [3.05, 3.63) is 45.2 Å². The molecule has 18 heavy (non-hydrogen) atoms. The maximum atomic E-state index is 12.0. The van der Waals surface area contributed by atoms with Gasteiger partial charge in [-0.05, 0) is 45.6 Å². The number of nitrogens with zero attached hydrogens (tertiary/aromatic N) is 1. The van der Waals surface area contributed by atoms with Gasteiger partial charge in [-0.2, -0.15) is 5.10 Å². The van der Waals surface area contributed by atoms with Gasteiger partial charge in [-0.25, -0.2) is 0 Å². The summed E-state index contributed by atoms with van der Waals surface area (Å²) in [5.74, 6) is -0.111. The van der Waals surface area contributed by atoms with Crippen molar-refractivity contribution in [1.29, 1.82) is 0 Å². The summed E-state index contributed by atoms with van der Waals surface area (Å²) in [5, 5.41) is 12.5. The number of fused-ring (bicyclic) bond motifs is 1. The molecule has 0 atom stereocenters. The molecule has 3 aromatic rings. The molecule has 3 rings (SSSR count). The van der Waals surface area contributed by atoms with E-state index in [9.17, 15) is 4.79 Å². The Morgan fingerprint density at radius 1 is 1.39 bits per heavy atom. The molecule has 0 fully saturated rings. The zero-order valence-corrected chi connectivity index (χ0v) is 11.5. The van der Waals surface area contributed by atoms with Crippen molar-refractivity contribution in [2.75, 3.05) is 5.32 Å². The molecule has 1 aromatic carbocycles. The van der Waals surface area contributed by atoms with E-state index in [1.807, 2.05) is 29.6 Å². The Kier molecular flexibility index (Phi) is 2.89. The summed E-state index contributed by atoms with van der Waals surface area (Å²) >= 11 is 4.75. The number of hydrogen-bond acceptors (Lipinski definition) is 3. The number of amides is 1. The summed E-state index contributed by atoms with van der Waals surface area (Å²) in [5.41, 5.74) is 1.71. The van der Waals surface area contributed by atoms with E-state index in [4.69, 9.17) is 0 Å². The predicted molar refractivity (Wildman–Crippen MR) is 76.1 cm³/mol. The standard InChI is InChI=1S/C12H8BrN3OS/c13-9-3-4-18-11(9)12(17)15-8-1-2-10-7(5-8)6-14-16-10/h1-6H,(H,14,16)(H,15,17). The Labute approximate surface area is 115 Å². The molecule has 90 valence electrons. The molecule has 0 spiro atoms. The topological polar surface area (TPSA) is 57.8 Å². The number of thiophene rings is 1. The first-order valence-corrected chi connectivity index (χ1v) is 6.89. The van der Waals surface area contributed by atoms with Crippen molar-refractivity contribution >= 4 is 49.8 Å². The monoisotopic (exact) mass is 321 g/mol. The molecular weight excluding hydrogens is 314 g/mol. The van der Waals surface area contributed by atoms with Gasteiger partial charge in [-0.3, -0.25) is 9.89 Å². The van der Waals surface area contributed by atoms with Crippen molar-refractivity contribution in [3.63, 3.8) is 0 Å². The normalized spacial score (nSPS) is 10.7. The zero-order chi connectivity index (χ0) is 12.5.